The highest BCUT2D eigenvalue weighted by Gasteiger charge is 2.02. The molecule has 0 heterocycles. The van der Waals surface area contributed by atoms with Crippen LogP contribution in [-0.4, -0.2) is 6.54 Å². The number of terminal acetylenes is 1. The van der Waals surface area contributed by atoms with Crippen LogP contribution in [0.4, 0.5) is 0 Å². The lowest BCUT2D eigenvalue weighted by Crippen LogP contribution is -2.13. The van der Waals surface area contributed by atoms with Crippen molar-refractivity contribution in [1.29, 1.82) is 0 Å². The van der Waals surface area contributed by atoms with Gasteiger partial charge in [0.05, 0.1) is 6.54 Å². The summed E-state index contributed by atoms with van der Waals surface area (Å²) in [4.78, 5) is 0. The highest BCUT2D eigenvalue weighted by molar-refractivity contribution is 5.85. The van der Waals surface area contributed by atoms with Crippen molar-refractivity contribution in [3.63, 3.8) is 0 Å². The molecule has 1 N–H and O–H groups in total. The summed E-state index contributed by atoms with van der Waals surface area (Å²) in [6, 6.07) is 16.4. The normalized spacial score (nSPS) is 9.52. The van der Waals surface area contributed by atoms with Gasteiger partial charge < -0.3 is 10.1 Å². The molecule has 0 aliphatic rings. The Bertz CT molecular complexity index is 587. The van der Waals surface area contributed by atoms with Crippen molar-refractivity contribution in [1.82, 2.24) is 5.32 Å². The molecular formula is C18H20ClNO. The second-order valence-electron chi connectivity index (χ2n) is 4.69. The van der Waals surface area contributed by atoms with Gasteiger partial charge in [0.1, 0.15) is 12.4 Å². The summed E-state index contributed by atoms with van der Waals surface area (Å²) in [7, 11) is 0. The first-order chi connectivity index (χ1) is 9.79. The molecule has 0 atom stereocenters. The maximum Gasteiger partial charge on any atom is 0.124 e. The molecule has 0 aliphatic carbocycles. The van der Waals surface area contributed by atoms with Crippen LogP contribution in [0.3, 0.4) is 0 Å². The first-order valence-corrected chi connectivity index (χ1v) is 6.70. The molecule has 0 amide bonds. The summed E-state index contributed by atoms with van der Waals surface area (Å²) >= 11 is 0. The van der Waals surface area contributed by atoms with Gasteiger partial charge in [-0.25, -0.2) is 0 Å². The van der Waals surface area contributed by atoms with Gasteiger partial charge in [0.15, 0.2) is 0 Å². The van der Waals surface area contributed by atoms with Crippen LogP contribution >= 0.6 is 12.4 Å². The number of nitrogens with one attached hydrogen (secondary N) is 1. The van der Waals surface area contributed by atoms with Crippen molar-refractivity contribution >= 4 is 12.4 Å². The third-order valence-corrected chi connectivity index (χ3v) is 3.03. The van der Waals surface area contributed by atoms with E-state index >= 15 is 0 Å². The molecule has 0 saturated heterocycles. The summed E-state index contributed by atoms with van der Waals surface area (Å²) in [6.45, 7) is 3.93. The molecule has 0 aliphatic heterocycles. The molecule has 3 heteroatoms. The Hall–Kier alpha value is -1.95. The van der Waals surface area contributed by atoms with Crippen molar-refractivity contribution in [3.8, 4) is 18.1 Å². The maximum absolute atomic E-state index is 5.90. The molecule has 2 rings (SSSR count). The Balaban J connectivity index is 0.00000220. The zero-order valence-corrected chi connectivity index (χ0v) is 13.0. The minimum Gasteiger partial charge on any atom is -0.489 e. The number of benzene rings is 2. The first kappa shape index (κ1) is 17.1. The number of aryl methyl sites for hydroxylation is 1. The third-order valence-electron chi connectivity index (χ3n) is 3.03. The van der Waals surface area contributed by atoms with Gasteiger partial charge in [0.25, 0.3) is 0 Å². The zero-order chi connectivity index (χ0) is 14.2. The van der Waals surface area contributed by atoms with Gasteiger partial charge in [-0.05, 0) is 18.6 Å². The van der Waals surface area contributed by atoms with Crippen LogP contribution in [0.5, 0.6) is 5.75 Å². The molecule has 0 saturated carbocycles. The largest absolute Gasteiger partial charge is 0.489 e. The second-order valence-corrected chi connectivity index (χ2v) is 4.69. The number of ether oxygens (including phenoxy) is 1. The van der Waals surface area contributed by atoms with Crippen molar-refractivity contribution in [2.75, 3.05) is 6.54 Å². The number of para-hydroxylation sites is 1. The maximum atomic E-state index is 5.90. The molecule has 110 valence electrons. The Morgan fingerprint density at radius 3 is 2.52 bits per heavy atom. The van der Waals surface area contributed by atoms with Gasteiger partial charge in [-0.2, -0.15) is 0 Å². The summed E-state index contributed by atoms with van der Waals surface area (Å²) < 4.78 is 5.90. The van der Waals surface area contributed by atoms with E-state index in [1.54, 1.807) is 0 Å². The summed E-state index contributed by atoms with van der Waals surface area (Å²) in [5.74, 6) is 3.47. The van der Waals surface area contributed by atoms with E-state index in [0.717, 1.165) is 11.3 Å². The van der Waals surface area contributed by atoms with Crippen molar-refractivity contribution in [2.24, 2.45) is 0 Å². The van der Waals surface area contributed by atoms with Gasteiger partial charge in [-0.15, -0.1) is 18.8 Å². The Morgan fingerprint density at radius 2 is 1.81 bits per heavy atom. The molecule has 2 aromatic rings. The number of rotatable bonds is 6. The average molecular weight is 302 g/mol. The van der Waals surface area contributed by atoms with Crippen molar-refractivity contribution < 1.29 is 4.74 Å². The van der Waals surface area contributed by atoms with Crippen LogP contribution in [-0.2, 0) is 13.2 Å². The fourth-order valence-electron chi connectivity index (χ4n) is 1.91. The Kier molecular flexibility index (Phi) is 7.39. The van der Waals surface area contributed by atoms with Gasteiger partial charge in [-0.1, -0.05) is 53.9 Å². The van der Waals surface area contributed by atoms with Crippen LogP contribution < -0.4 is 10.1 Å². The molecule has 0 spiro atoms. The lowest BCUT2D eigenvalue weighted by molar-refractivity contribution is 0.302. The number of hydrogen-bond acceptors (Lipinski definition) is 2. The lowest BCUT2D eigenvalue weighted by atomic mass is 10.1. The summed E-state index contributed by atoms with van der Waals surface area (Å²) in [5.41, 5.74) is 3.55. The number of halogens is 1. The van der Waals surface area contributed by atoms with E-state index in [0.29, 0.717) is 19.7 Å². The van der Waals surface area contributed by atoms with E-state index < -0.39 is 0 Å². The minimum atomic E-state index is 0. The van der Waals surface area contributed by atoms with Crippen LogP contribution in [0.2, 0.25) is 0 Å². The van der Waals surface area contributed by atoms with Crippen LogP contribution in [0, 0.1) is 19.3 Å². The Morgan fingerprint density at radius 1 is 1.10 bits per heavy atom. The molecular weight excluding hydrogens is 282 g/mol. The van der Waals surface area contributed by atoms with Gasteiger partial charge >= 0.3 is 0 Å². The minimum absolute atomic E-state index is 0. The van der Waals surface area contributed by atoms with Gasteiger partial charge in [-0.3, -0.25) is 0 Å². The zero-order valence-electron chi connectivity index (χ0n) is 12.1. The van der Waals surface area contributed by atoms with Crippen LogP contribution in [0.15, 0.2) is 48.5 Å². The average Bonchev–Trinajstić information content (AvgIpc) is 2.48. The predicted molar refractivity (Wildman–Crippen MR) is 89.7 cm³/mol. The Labute approximate surface area is 132 Å². The fourth-order valence-corrected chi connectivity index (χ4v) is 1.91. The molecule has 2 nitrogen and oxygen atoms in total. The smallest absolute Gasteiger partial charge is 0.124 e. The van der Waals surface area contributed by atoms with Crippen LogP contribution in [0.25, 0.3) is 0 Å². The predicted octanol–water partition coefficient (Wildman–Crippen LogP) is 3.72. The monoisotopic (exact) mass is 301 g/mol. The molecule has 0 radical (unpaired) electrons. The standard InChI is InChI=1S/C18H19NO.ClH/c1-3-12-19-13-17-6-4-5-7-18(17)20-14-16-10-8-15(2)9-11-16;/h1,4-11,19H,12-14H2,2H3;1H. The summed E-state index contributed by atoms with van der Waals surface area (Å²) in [5, 5.41) is 3.18. The fraction of sp³-hybridized carbons (Fsp3) is 0.222. The van der Waals surface area contributed by atoms with Gasteiger partial charge in [0, 0.05) is 12.1 Å². The third kappa shape index (κ3) is 5.51. The van der Waals surface area contributed by atoms with Gasteiger partial charge in [0.2, 0.25) is 0 Å². The molecule has 21 heavy (non-hydrogen) atoms. The number of hydrogen-bond donors (Lipinski definition) is 1. The van der Waals surface area contributed by atoms with Crippen molar-refractivity contribution in [2.45, 2.75) is 20.1 Å². The van der Waals surface area contributed by atoms with E-state index in [-0.39, 0.29) is 12.4 Å². The molecule has 0 fully saturated rings. The van der Waals surface area contributed by atoms with Crippen molar-refractivity contribution in [3.05, 3.63) is 65.2 Å². The first-order valence-electron chi connectivity index (χ1n) is 6.70. The van der Waals surface area contributed by atoms with E-state index in [4.69, 9.17) is 11.2 Å². The molecule has 0 unspecified atom stereocenters. The summed E-state index contributed by atoms with van der Waals surface area (Å²) in [6.07, 6.45) is 5.23. The highest BCUT2D eigenvalue weighted by Crippen LogP contribution is 2.19. The van der Waals surface area contributed by atoms with E-state index in [2.05, 4.69) is 42.4 Å². The second kappa shape index (κ2) is 9.07. The molecule has 0 bridgehead atoms. The molecule has 2 aromatic carbocycles. The van der Waals surface area contributed by atoms with E-state index in [9.17, 15) is 0 Å². The lowest BCUT2D eigenvalue weighted by Gasteiger charge is -2.11. The van der Waals surface area contributed by atoms with E-state index in [1.807, 2.05) is 24.3 Å². The quantitative estimate of drug-likeness (QED) is 0.648. The van der Waals surface area contributed by atoms with E-state index in [1.165, 1.54) is 11.1 Å². The SMILES string of the molecule is C#CCNCc1ccccc1OCc1ccc(C)cc1.Cl. The molecule has 0 aromatic heterocycles. The topological polar surface area (TPSA) is 21.3 Å². The highest BCUT2D eigenvalue weighted by atomic mass is 35.5. The van der Waals surface area contributed by atoms with Crippen LogP contribution in [0.1, 0.15) is 16.7 Å².